The van der Waals surface area contributed by atoms with Crippen molar-refractivity contribution in [1.29, 1.82) is 0 Å². The van der Waals surface area contributed by atoms with Crippen LogP contribution in [0.5, 0.6) is 0 Å². The Morgan fingerprint density at radius 3 is 2.76 bits per heavy atom. The smallest absolute Gasteiger partial charge is 0.260 e. The van der Waals surface area contributed by atoms with E-state index < -0.39 is 15.9 Å². The van der Waals surface area contributed by atoms with E-state index in [-0.39, 0.29) is 23.7 Å². The van der Waals surface area contributed by atoms with E-state index in [1.54, 1.807) is 6.07 Å². The fourth-order valence-electron chi connectivity index (χ4n) is 1.17. The maximum absolute atomic E-state index is 11.7. The third kappa shape index (κ3) is 4.00. The number of hydrogen-bond acceptors (Lipinski definition) is 5. The van der Waals surface area contributed by atoms with Crippen LogP contribution in [0.3, 0.4) is 0 Å². The molecule has 0 aliphatic carbocycles. The topological polar surface area (TPSA) is 128 Å². The number of anilines is 1. The van der Waals surface area contributed by atoms with Crippen molar-refractivity contribution in [3.63, 3.8) is 0 Å². The van der Waals surface area contributed by atoms with Crippen LogP contribution in [-0.2, 0) is 14.8 Å². The molecule has 17 heavy (non-hydrogen) atoms. The molecule has 0 saturated heterocycles. The van der Waals surface area contributed by atoms with E-state index in [2.05, 4.69) is 9.71 Å². The van der Waals surface area contributed by atoms with Crippen LogP contribution in [0.1, 0.15) is 12.8 Å². The summed E-state index contributed by atoms with van der Waals surface area (Å²) in [5.74, 6) is -0.471. The van der Waals surface area contributed by atoms with Crippen molar-refractivity contribution < 1.29 is 13.2 Å². The fraction of sp³-hybridized carbons (Fsp3) is 0.333. The van der Waals surface area contributed by atoms with Gasteiger partial charge in [-0.15, -0.1) is 0 Å². The summed E-state index contributed by atoms with van der Waals surface area (Å²) >= 11 is 0. The maximum atomic E-state index is 11.7. The van der Waals surface area contributed by atoms with Crippen molar-refractivity contribution in [1.82, 2.24) is 9.71 Å². The third-order valence-corrected chi connectivity index (χ3v) is 3.38. The molecule has 0 unspecified atom stereocenters. The molecule has 0 saturated carbocycles. The number of nitrogens with one attached hydrogen (secondary N) is 1. The molecule has 0 spiro atoms. The van der Waals surface area contributed by atoms with Crippen LogP contribution in [-0.4, -0.2) is 25.9 Å². The monoisotopic (exact) mass is 258 g/mol. The normalized spacial score (nSPS) is 11.3. The zero-order chi connectivity index (χ0) is 12.9. The minimum atomic E-state index is -3.73. The van der Waals surface area contributed by atoms with Gasteiger partial charge in [0.2, 0.25) is 5.91 Å². The summed E-state index contributed by atoms with van der Waals surface area (Å²) in [5, 5.41) is -0.209. The van der Waals surface area contributed by atoms with Gasteiger partial charge in [-0.25, -0.2) is 18.1 Å². The second kappa shape index (κ2) is 5.60. The first-order valence-electron chi connectivity index (χ1n) is 4.92. The highest BCUT2D eigenvalue weighted by atomic mass is 32.2. The summed E-state index contributed by atoms with van der Waals surface area (Å²) in [7, 11) is -3.73. The first-order valence-corrected chi connectivity index (χ1v) is 6.40. The van der Waals surface area contributed by atoms with Gasteiger partial charge in [0.05, 0.1) is 5.69 Å². The molecular weight excluding hydrogens is 244 g/mol. The van der Waals surface area contributed by atoms with Crippen LogP contribution in [0.2, 0.25) is 0 Å². The lowest BCUT2D eigenvalue weighted by atomic mass is 10.3. The number of amides is 1. The van der Waals surface area contributed by atoms with Gasteiger partial charge in [-0.3, -0.25) is 4.79 Å². The average molecular weight is 258 g/mol. The molecule has 1 amide bonds. The number of pyridine rings is 1. The number of rotatable bonds is 6. The van der Waals surface area contributed by atoms with Crippen LogP contribution in [0, 0.1) is 0 Å². The number of nitrogens with two attached hydrogens (primary N) is 2. The van der Waals surface area contributed by atoms with E-state index in [0.29, 0.717) is 6.42 Å². The number of nitrogen functional groups attached to an aromatic ring is 1. The van der Waals surface area contributed by atoms with E-state index >= 15 is 0 Å². The predicted molar refractivity (Wildman–Crippen MR) is 62.3 cm³/mol. The number of aromatic nitrogens is 1. The molecule has 1 aromatic rings. The van der Waals surface area contributed by atoms with Crippen molar-refractivity contribution in [3.05, 3.63) is 18.3 Å². The lowest BCUT2D eigenvalue weighted by Crippen LogP contribution is -2.27. The molecule has 0 aliphatic heterocycles. The summed E-state index contributed by atoms with van der Waals surface area (Å²) in [6.07, 6.45) is 1.80. The van der Waals surface area contributed by atoms with Crippen LogP contribution in [0.4, 0.5) is 5.69 Å². The van der Waals surface area contributed by atoms with E-state index in [4.69, 9.17) is 11.5 Å². The number of nitrogens with zero attached hydrogens (tertiary/aromatic N) is 1. The summed E-state index contributed by atoms with van der Waals surface area (Å²) < 4.78 is 25.7. The Balaban J connectivity index is 2.64. The van der Waals surface area contributed by atoms with Crippen molar-refractivity contribution in [2.24, 2.45) is 5.73 Å². The van der Waals surface area contributed by atoms with Gasteiger partial charge in [0.25, 0.3) is 10.0 Å². The fourth-order valence-corrected chi connectivity index (χ4v) is 2.29. The first-order chi connectivity index (χ1) is 7.93. The molecule has 94 valence electrons. The minimum absolute atomic E-state index is 0.0786. The Kier molecular flexibility index (Phi) is 4.41. The minimum Gasteiger partial charge on any atom is -0.396 e. The average Bonchev–Trinajstić information content (AvgIpc) is 2.24. The summed E-state index contributed by atoms with van der Waals surface area (Å²) in [5.41, 5.74) is 10.5. The van der Waals surface area contributed by atoms with Crippen molar-refractivity contribution in [3.8, 4) is 0 Å². The van der Waals surface area contributed by atoms with E-state index in [1.165, 1.54) is 12.3 Å². The van der Waals surface area contributed by atoms with Gasteiger partial charge in [-0.1, -0.05) is 0 Å². The van der Waals surface area contributed by atoms with Crippen LogP contribution >= 0.6 is 0 Å². The summed E-state index contributed by atoms with van der Waals surface area (Å²) in [4.78, 5) is 14.2. The standard InChI is InChI=1S/C9H14N4O3S/c10-7-3-1-5-12-9(7)17(15,16)13-6-2-4-8(11)14/h1,3,5,13H,2,4,6,10H2,(H2,11,14). The molecule has 5 N–H and O–H groups in total. The Morgan fingerprint density at radius 1 is 1.47 bits per heavy atom. The molecule has 0 atom stereocenters. The number of carbonyl (C=O) groups is 1. The Hall–Kier alpha value is -1.67. The molecule has 0 radical (unpaired) electrons. The zero-order valence-corrected chi connectivity index (χ0v) is 9.90. The Morgan fingerprint density at radius 2 is 2.18 bits per heavy atom. The molecule has 1 aromatic heterocycles. The summed E-state index contributed by atoms with van der Waals surface area (Å²) in [6, 6.07) is 2.99. The SMILES string of the molecule is NC(=O)CCCNS(=O)(=O)c1ncccc1N. The van der Waals surface area contributed by atoms with Gasteiger partial charge in [-0.05, 0) is 18.6 Å². The first kappa shape index (κ1) is 13.4. The predicted octanol–water partition coefficient (Wildman–Crippen LogP) is -0.792. The van der Waals surface area contributed by atoms with E-state index in [0.717, 1.165) is 0 Å². The second-order valence-corrected chi connectivity index (χ2v) is 5.05. The van der Waals surface area contributed by atoms with Crippen LogP contribution < -0.4 is 16.2 Å². The van der Waals surface area contributed by atoms with E-state index in [1.807, 2.05) is 0 Å². The summed E-state index contributed by atoms with van der Waals surface area (Å²) in [6.45, 7) is 0.112. The lowest BCUT2D eigenvalue weighted by molar-refractivity contribution is -0.118. The molecule has 1 heterocycles. The number of hydrogen-bond donors (Lipinski definition) is 3. The molecular formula is C9H14N4O3S. The van der Waals surface area contributed by atoms with Crippen LogP contribution in [0.25, 0.3) is 0 Å². The zero-order valence-electron chi connectivity index (χ0n) is 9.09. The molecule has 0 fully saturated rings. The molecule has 0 bridgehead atoms. The molecule has 1 rings (SSSR count). The maximum Gasteiger partial charge on any atom is 0.260 e. The molecule has 7 nitrogen and oxygen atoms in total. The van der Waals surface area contributed by atoms with Gasteiger partial charge >= 0.3 is 0 Å². The lowest BCUT2D eigenvalue weighted by Gasteiger charge is -2.07. The van der Waals surface area contributed by atoms with Crippen molar-refractivity contribution in [2.45, 2.75) is 17.9 Å². The largest absolute Gasteiger partial charge is 0.396 e. The second-order valence-electron chi connectivity index (χ2n) is 3.37. The van der Waals surface area contributed by atoms with Crippen molar-refractivity contribution >= 4 is 21.6 Å². The molecule has 0 aliphatic rings. The van der Waals surface area contributed by atoms with Gasteiger partial charge < -0.3 is 11.5 Å². The van der Waals surface area contributed by atoms with Gasteiger partial charge in [0.15, 0.2) is 5.03 Å². The number of primary amides is 1. The van der Waals surface area contributed by atoms with Gasteiger partial charge in [-0.2, -0.15) is 0 Å². The Bertz CT molecular complexity index is 501. The highest BCUT2D eigenvalue weighted by molar-refractivity contribution is 7.89. The number of carbonyl (C=O) groups excluding carboxylic acids is 1. The highest BCUT2D eigenvalue weighted by Gasteiger charge is 2.17. The molecule has 8 heteroatoms. The third-order valence-electron chi connectivity index (χ3n) is 1.95. The number of sulfonamides is 1. The quantitative estimate of drug-likeness (QED) is 0.576. The Labute approximate surface area is 99.3 Å². The highest BCUT2D eigenvalue weighted by Crippen LogP contribution is 2.13. The molecule has 0 aromatic carbocycles. The van der Waals surface area contributed by atoms with Gasteiger partial charge in [0.1, 0.15) is 0 Å². The van der Waals surface area contributed by atoms with Crippen LogP contribution in [0.15, 0.2) is 23.4 Å². The van der Waals surface area contributed by atoms with Gasteiger partial charge in [0, 0.05) is 19.2 Å². The van der Waals surface area contributed by atoms with Crippen molar-refractivity contribution in [2.75, 3.05) is 12.3 Å². The van der Waals surface area contributed by atoms with E-state index in [9.17, 15) is 13.2 Å².